The highest BCUT2D eigenvalue weighted by Crippen LogP contribution is 2.26. The minimum atomic E-state index is -0.336. The van der Waals surface area contributed by atoms with E-state index in [0.717, 1.165) is 18.4 Å². The Labute approximate surface area is 185 Å². The molecule has 1 saturated heterocycles. The van der Waals surface area contributed by atoms with E-state index in [0.29, 0.717) is 31.7 Å². The number of aryl methyl sites for hydroxylation is 1. The first-order valence-electron chi connectivity index (χ1n) is 11.0. The number of amides is 3. The predicted octanol–water partition coefficient (Wildman–Crippen LogP) is 2.95. The number of carbonyl (C=O) groups excluding carboxylic acids is 3. The van der Waals surface area contributed by atoms with Gasteiger partial charge in [-0.25, -0.2) is 0 Å². The van der Waals surface area contributed by atoms with Crippen LogP contribution in [0.25, 0.3) is 0 Å². The standard InChI is InChI=1S/C24H37N3O4/c1-17-16-21(29)27(22(17)30)19-9-6-18(7-10-19)8-11-20(28)26-23(2,3)12-13-24(4,5)31-15-14-25/h6-7,9-10,17H,8,11-16,25H2,1-5H3,(H,26,28). The first-order chi connectivity index (χ1) is 14.4. The summed E-state index contributed by atoms with van der Waals surface area (Å²) in [5, 5.41) is 3.11. The molecule has 2 rings (SSSR count). The van der Waals surface area contributed by atoms with Gasteiger partial charge in [0.1, 0.15) is 0 Å². The Morgan fingerprint density at radius 2 is 1.81 bits per heavy atom. The maximum atomic E-state index is 12.5. The minimum absolute atomic E-state index is 0.00603. The van der Waals surface area contributed by atoms with Crippen LogP contribution < -0.4 is 16.0 Å². The van der Waals surface area contributed by atoms with Crippen molar-refractivity contribution in [3.05, 3.63) is 29.8 Å². The zero-order valence-corrected chi connectivity index (χ0v) is 19.5. The Balaban J connectivity index is 1.82. The number of imide groups is 1. The summed E-state index contributed by atoms with van der Waals surface area (Å²) in [6, 6.07) is 7.28. The number of benzene rings is 1. The monoisotopic (exact) mass is 431 g/mol. The van der Waals surface area contributed by atoms with E-state index < -0.39 is 0 Å². The van der Waals surface area contributed by atoms with E-state index in [1.54, 1.807) is 19.1 Å². The highest BCUT2D eigenvalue weighted by molar-refractivity contribution is 6.20. The lowest BCUT2D eigenvalue weighted by atomic mass is 9.91. The average Bonchev–Trinajstić information content (AvgIpc) is 2.95. The fourth-order valence-corrected chi connectivity index (χ4v) is 3.65. The summed E-state index contributed by atoms with van der Waals surface area (Å²) in [6.07, 6.45) is 2.82. The normalized spacial score (nSPS) is 17.4. The molecule has 0 spiro atoms. The minimum Gasteiger partial charge on any atom is -0.374 e. The number of nitrogens with one attached hydrogen (secondary N) is 1. The molecule has 1 aliphatic rings. The van der Waals surface area contributed by atoms with Gasteiger partial charge in [0.05, 0.1) is 17.9 Å². The lowest BCUT2D eigenvalue weighted by Crippen LogP contribution is -2.45. The molecule has 7 heteroatoms. The second kappa shape index (κ2) is 10.4. The van der Waals surface area contributed by atoms with Gasteiger partial charge in [-0.1, -0.05) is 19.1 Å². The average molecular weight is 432 g/mol. The topological polar surface area (TPSA) is 102 Å². The van der Waals surface area contributed by atoms with Gasteiger partial charge in [-0.2, -0.15) is 0 Å². The molecular formula is C24H37N3O4. The SMILES string of the molecule is CC1CC(=O)N(c2ccc(CCC(=O)NC(C)(C)CCC(C)(C)OCCN)cc2)C1=O. The number of ether oxygens (including phenoxy) is 1. The Morgan fingerprint density at radius 1 is 1.16 bits per heavy atom. The Bertz CT molecular complexity index is 787. The van der Waals surface area contributed by atoms with Crippen LogP contribution in [0.1, 0.15) is 65.9 Å². The van der Waals surface area contributed by atoms with Gasteiger partial charge in [-0.15, -0.1) is 0 Å². The Hall–Kier alpha value is -2.25. The number of nitrogens with two attached hydrogens (primary N) is 1. The molecule has 0 aliphatic carbocycles. The van der Waals surface area contributed by atoms with Crippen LogP contribution in [0.5, 0.6) is 0 Å². The molecule has 172 valence electrons. The van der Waals surface area contributed by atoms with Crippen molar-refractivity contribution in [2.75, 3.05) is 18.1 Å². The van der Waals surface area contributed by atoms with Crippen molar-refractivity contribution >= 4 is 23.4 Å². The van der Waals surface area contributed by atoms with Crippen LogP contribution in [0.15, 0.2) is 24.3 Å². The number of nitrogens with zero attached hydrogens (tertiary/aromatic N) is 1. The van der Waals surface area contributed by atoms with Crippen molar-refractivity contribution in [2.24, 2.45) is 11.7 Å². The second-order valence-corrected chi connectivity index (χ2v) is 9.67. The number of hydrogen-bond acceptors (Lipinski definition) is 5. The van der Waals surface area contributed by atoms with Crippen LogP contribution in [-0.2, 0) is 25.5 Å². The Morgan fingerprint density at radius 3 is 2.35 bits per heavy atom. The first-order valence-corrected chi connectivity index (χ1v) is 11.0. The lowest BCUT2D eigenvalue weighted by Gasteiger charge is -2.32. The second-order valence-electron chi connectivity index (χ2n) is 9.67. The molecule has 1 heterocycles. The molecule has 3 amide bonds. The van der Waals surface area contributed by atoms with Crippen LogP contribution in [0.2, 0.25) is 0 Å². The fraction of sp³-hybridized carbons (Fsp3) is 0.625. The molecule has 1 aromatic carbocycles. The molecule has 1 aromatic rings. The summed E-state index contributed by atoms with van der Waals surface area (Å²) in [6.45, 7) is 10.9. The molecule has 1 atom stereocenters. The van der Waals surface area contributed by atoms with Crippen LogP contribution >= 0.6 is 0 Å². The molecule has 31 heavy (non-hydrogen) atoms. The van der Waals surface area contributed by atoms with E-state index in [9.17, 15) is 14.4 Å². The number of anilines is 1. The molecule has 1 aliphatic heterocycles. The first kappa shape index (κ1) is 25.0. The van der Waals surface area contributed by atoms with Gasteiger partial charge in [0.2, 0.25) is 17.7 Å². The van der Waals surface area contributed by atoms with Crippen molar-refractivity contribution in [1.29, 1.82) is 0 Å². The third-order valence-electron chi connectivity index (χ3n) is 5.65. The van der Waals surface area contributed by atoms with Crippen LogP contribution in [0, 0.1) is 5.92 Å². The zero-order valence-electron chi connectivity index (χ0n) is 19.5. The smallest absolute Gasteiger partial charge is 0.237 e. The van der Waals surface area contributed by atoms with Gasteiger partial charge in [-0.05, 0) is 64.7 Å². The number of rotatable bonds is 11. The number of hydrogen-bond donors (Lipinski definition) is 2. The largest absolute Gasteiger partial charge is 0.374 e. The maximum absolute atomic E-state index is 12.5. The van der Waals surface area contributed by atoms with E-state index in [1.807, 2.05) is 39.8 Å². The molecule has 0 saturated carbocycles. The van der Waals surface area contributed by atoms with Crippen molar-refractivity contribution in [1.82, 2.24) is 5.32 Å². The van der Waals surface area contributed by atoms with Crippen molar-refractivity contribution in [3.63, 3.8) is 0 Å². The molecule has 3 N–H and O–H groups in total. The molecule has 1 unspecified atom stereocenters. The van der Waals surface area contributed by atoms with Crippen LogP contribution in [0.3, 0.4) is 0 Å². The van der Waals surface area contributed by atoms with E-state index in [4.69, 9.17) is 10.5 Å². The van der Waals surface area contributed by atoms with Gasteiger partial charge in [-0.3, -0.25) is 19.3 Å². The van der Waals surface area contributed by atoms with Gasteiger partial charge in [0, 0.05) is 30.8 Å². The van der Waals surface area contributed by atoms with E-state index >= 15 is 0 Å². The quantitative estimate of drug-likeness (QED) is 0.525. The molecule has 0 radical (unpaired) electrons. The summed E-state index contributed by atoms with van der Waals surface area (Å²) in [4.78, 5) is 37.9. The highest BCUT2D eigenvalue weighted by Gasteiger charge is 2.36. The molecule has 1 fully saturated rings. The zero-order chi connectivity index (χ0) is 23.2. The van der Waals surface area contributed by atoms with E-state index in [-0.39, 0.29) is 41.2 Å². The summed E-state index contributed by atoms with van der Waals surface area (Å²) in [7, 11) is 0. The van der Waals surface area contributed by atoms with E-state index in [2.05, 4.69) is 5.32 Å². The summed E-state index contributed by atoms with van der Waals surface area (Å²) < 4.78 is 5.77. The summed E-state index contributed by atoms with van der Waals surface area (Å²) in [5.41, 5.74) is 6.47. The molecule has 0 bridgehead atoms. The Kier molecular flexibility index (Phi) is 8.37. The summed E-state index contributed by atoms with van der Waals surface area (Å²) >= 11 is 0. The van der Waals surface area contributed by atoms with Crippen molar-refractivity contribution in [3.8, 4) is 0 Å². The predicted molar refractivity (Wildman–Crippen MR) is 122 cm³/mol. The van der Waals surface area contributed by atoms with Crippen LogP contribution in [-0.4, -0.2) is 42.0 Å². The highest BCUT2D eigenvalue weighted by atomic mass is 16.5. The summed E-state index contributed by atoms with van der Waals surface area (Å²) in [5.74, 6) is -0.593. The fourth-order valence-electron chi connectivity index (χ4n) is 3.65. The number of carbonyl (C=O) groups is 3. The van der Waals surface area contributed by atoms with E-state index in [1.165, 1.54) is 4.90 Å². The molecular weight excluding hydrogens is 394 g/mol. The molecule has 7 nitrogen and oxygen atoms in total. The van der Waals surface area contributed by atoms with Crippen molar-refractivity contribution in [2.45, 2.75) is 77.9 Å². The van der Waals surface area contributed by atoms with Crippen molar-refractivity contribution < 1.29 is 19.1 Å². The van der Waals surface area contributed by atoms with Gasteiger partial charge < -0.3 is 15.8 Å². The van der Waals surface area contributed by atoms with Gasteiger partial charge in [0.25, 0.3) is 0 Å². The molecule has 0 aromatic heterocycles. The third-order valence-corrected chi connectivity index (χ3v) is 5.65. The van der Waals surface area contributed by atoms with Gasteiger partial charge >= 0.3 is 0 Å². The third kappa shape index (κ3) is 7.43. The van der Waals surface area contributed by atoms with Crippen LogP contribution in [0.4, 0.5) is 5.69 Å². The lowest BCUT2D eigenvalue weighted by molar-refractivity contribution is -0.123. The maximum Gasteiger partial charge on any atom is 0.237 e. The van der Waals surface area contributed by atoms with Gasteiger partial charge in [0.15, 0.2) is 0 Å².